The summed E-state index contributed by atoms with van der Waals surface area (Å²) >= 11 is 10.9. The van der Waals surface area contributed by atoms with Crippen LogP contribution < -0.4 is 0 Å². The lowest BCUT2D eigenvalue weighted by molar-refractivity contribution is 0.272. The van der Waals surface area contributed by atoms with Gasteiger partial charge in [0.15, 0.2) is 5.15 Å². The van der Waals surface area contributed by atoms with E-state index in [-0.39, 0.29) is 16.9 Å². The molecule has 0 spiro atoms. The molecule has 5 heteroatoms. The minimum absolute atomic E-state index is 0.174. The summed E-state index contributed by atoms with van der Waals surface area (Å²) in [5.41, 5.74) is 0. The van der Waals surface area contributed by atoms with Gasteiger partial charge in [-0.15, -0.1) is 0 Å². The molecule has 0 bridgehead atoms. The van der Waals surface area contributed by atoms with Gasteiger partial charge in [0.1, 0.15) is 17.6 Å². The van der Waals surface area contributed by atoms with Crippen molar-refractivity contribution in [1.29, 1.82) is 0 Å². The van der Waals surface area contributed by atoms with E-state index in [1.165, 1.54) is 0 Å². The lowest BCUT2D eigenvalue weighted by Crippen LogP contribution is -1.83. The van der Waals surface area contributed by atoms with Gasteiger partial charge in [-0.25, -0.2) is 4.98 Å². The van der Waals surface area contributed by atoms with Gasteiger partial charge >= 0.3 is 0 Å². The molecule has 0 aliphatic carbocycles. The van der Waals surface area contributed by atoms with Crippen LogP contribution in [0, 0.1) is 0 Å². The summed E-state index contributed by atoms with van der Waals surface area (Å²) in [5.74, 6) is 0.380. The zero-order chi connectivity index (χ0) is 6.85. The van der Waals surface area contributed by atoms with E-state index in [9.17, 15) is 0 Å². The van der Waals surface area contributed by atoms with Gasteiger partial charge in [-0.2, -0.15) is 0 Å². The molecular weight excluding hydrogens is 163 g/mol. The van der Waals surface area contributed by atoms with Crippen molar-refractivity contribution in [2.45, 2.75) is 6.61 Å². The van der Waals surface area contributed by atoms with E-state index in [0.29, 0.717) is 5.82 Å². The maximum Gasteiger partial charge on any atom is 0.166 e. The maximum absolute atomic E-state index is 8.46. The average Bonchev–Trinajstić information content (AvgIpc) is 2.13. The second-order valence-corrected chi connectivity index (χ2v) is 2.18. The number of nitrogens with zero attached hydrogens (tertiary/aromatic N) is 1. The molecule has 1 aromatic heterocycles. The number of hydrogen-bond donors (Lipinski definition) is 2. The molecule has 0 amide bonds. The maximum atomic E-state index is 8.46. The summed E-state index contributed by atoms with van der Waals surface area (Å²) in [4.78, 5) is 6.22. The molecule has 0 unspecified atom stereocenters. The molecule has 0 fully saturated rings. The molecular formula is C4H4Cl2N2O. The molecule has 2 N–H and O–H groups in total. The van der Waals surface area contributed by atoms with Crippen molar-refractivity contribution in [1.82, 2.24) is 9.97 Å². The Morgan fingerprint density at radius 1 is 1.56 bits per heavy atom. The number of aromatic amines is 1. The van der Waals surface area contributed by atoms with Crippen LogP contribution in [0.1, 0.15) is 5.82 Å². The second-order valence-electron chi connectivity index (χ2n) is 1.45. The van der Waals surface area contributed by atoms with Gasteiger partial charge in [0, 0.05) is 0 Å². The first-order valence-electron chi connectivity index (χ1n) is 2.24. The summed E-state index contributed by atoms with van der Waals surface area (Å²) in [6, 6.07) is 0. The zero-order valence-electron chi connectivity index (χ0n) is 4.36. The third kappa shape index (κ3) is 1.36. The van der Waals surface area contributed by atoms with Crippen LogP contribution in [-0.2, 0) is 6.61 Å². The molecule has 9 heavy (non-hydrogen) atoms. The van der Waals surface area contributed by atoms with Crippen molar-refractivity contribution < 1.29 is 5.11 Å². The molecule has 3 nitrogen and oxygen atoms in total. The summed E-state index contributed by atoms with van der Waals surface area (Å²) in [7, 11) is 0. The first-order valence-corrected chi connectivity index (χ1v) is 3.00. The quantitative estimate of drug-likeness (QED) is 0.660. The highest BCUT2D eigenvalue weighted by Gasteiger charge is 2.02. The van der Waals surface area contributed by atoms with Crippen LogP contribution >= 0.6 is 23.2 Å². The Kier molecular flexibility index (Phi) is 1.95. The van der Waals surface area contributed by atoms with Gasteiger partial charge in [0.25, 0.3) is 0 Å². The lowest BCUT2D eigenvalue weighted by Gasteiger charge is -1.80. The molecule has 0 aliphatic rings. The summed E-state index contributed by atoms with van der Waals surface area (Å²) < 4.78 is 0. The SMILES string of the molecule is OCc1nc(Cl)c(Cl)[nH]1. The highest BCUT2D eigenvalue weighted by atomic mass is 35.5. The van der Waals surface area contributed by atoms with Crippen LogP contribution in [0.2, 0.25) is 10.3 Å². The fourth-order valence-electron chi connectivity index (χ4n) is 0.449. The van der Waals surface area contributed by atoms with Crippen LogP contribution in [0.25, 0.3) is 0 Å². The number of aromatic nitrogens is 2. The van der Waals surface area contributed by atoms with Crippen molar-refractivity contribution in [2.24, 2.45) is 0 Å². The standard InChI is InChI=1S/C4H4Cl2N2O/c5-3-4(6)8-2(1-9)7-3/h9H,1H2,(H,7,8). The molecule has 1 rings (SSSR count). The first kappa shape index (κ1) is 6.86. The number of H-pyrrole nitrogens is 1. The summed E-state index contributed by atoms with van der Waals surface area (Å²) in [5, 5.41) is 8.92. The molecule has 0 aromatic carbocycles. The van der Waals surface area contributed by atoms with E-state index < -0.39 is 0 Å². The molecule has 0 saturated carbocycles. The Bertz CT molecular complexity index is 191. The molecule has 0 atom stereocenters. The molecule has 1 heterocycles. The highest BCUT2D eigenvalue weighted by molar-refractivity contribution is 6.40. The van der Waals surface area contributed by atoms with Gasteiger partial charge in [0.2, 0.25) is 0 Å². The number of halogens is 2. The smallest absolute Gasteiger partial charge is 0.166 e. The predicted molar refractivity (Wildman–Crippen MR) is 34.5 cm³/mol. The minimum Gasteiger partial charge on any atom is -0.388 e. The van der Waals surface area contributed by atoms with Crippen LogP contribution in [0.4, 0.5) is 0 Å². The fourth-order valence-corrected chi connectivity index (χ4v) is 0.749. The van der Waals surface area contributed by atoms with E-state index in [0.717, 1.165) is 0 Å². The Morgan fingerprint density at radius 3 is 2.44 bits per heavy atom. The van der Waals surface area contributed by atoms with E-state index in [1.54, 1.807) is 0 Å². The Morgan fingerprint density at radius 2 is 2.22 bits per heavy atom. The Balaban J connectivity index is 2.98. The Hall–Kier alpha value is -0.250. The molecule has 0 radical (unpaired) electrons. The van der Waals surface area contributed by atoms with Gasteiger partial charge in [-0.3, -0.25) is 0 Å². The van der Waals surface area contributed by atoms with E-state index in [4.69, 9.17) is 28.3 Å². The third-order valence-electron chi connectivity index (χ3n) is 0.818. The number of aliphatic hydroxyl groups is 1. The summed E-state index contributed by atoms with van der Waals surface area (Å²) in [6.45, 7) is -0.174. The van der Waals surface area contributed by atoms with Crippen LogP contribution in [0.15, 0.2) is 0 Å². The van der Waals surface area contributed by atoms with Gasteiger partial charge < -0.3 is 10.1 Å². The summed E-state index contributed by atoms with van der Waals surface area (Å²) in [6.07, 6.45) is 0. The average molecular weight is 167 g/mol. The predicted octanol–water partition coefficient (Wildman–Crippen LogP) is 1.21. The number of imidazole rings is 1. The largest absolute Gasteiger partial charge is 0.388 e. The fraction of sp³-hybridized carbons (Fsp3) is 0.250. The lowest BCUT2D eigenvalue weighted by atomic mass is 10.7. The molecule has 0 aliphatic heterocycles. The van der Waals surface area contributed by atoms with Crippen molar-refractivity contribution in [3.8, 4) is 0 Å². The molecule has 50 valence electrons. The van der Waals surface area contributed by atoms with Crippen molar-refractivity contribution in [3.05, 3.63) is 16.1 Å². The zero-order valence-corrected chi connectivity index (χ0v) is 5.87. The molecule has 0 saturated heterocycles. The van der Waals surface area contributed by atoms with E-state index in [1.807, 2.05) is 0 Å². The Labute approximate surface area is 61.6 Å². The van der Waals surface area contributed by atoms with Crippen molar-refractivity contribution >= 4 is 23.2 Å². The minimum atomic E-state index is -0.174. The highest BCUT2D eigenvalue weighted by Crippen LogP contribution is 2.17. The number of hydrogen-bond acceptors (Lipinski definition) is 2. The number of aliphatic hydroxyl groups excluding tert-OH is 1. The first-order chi connectivity index (χ1) is 4.24. The van der Waals surface area contributed by atoms with Gasteiger partial charge in [-0.1, -0.05) is 23.2 Å². The van der Waals surface area contributed by atoms with Crippen molar-refractivity contribution in [2.75, 3.05) is 0 Å². The number of rotatable bonds is 1. The topological polar surface area (TPSA) is 48.9 Å². The number of nitrogens with one attached hydrogen (secondary N) is 1. The van der Waals surface area contributed by atoms with Crippen LogP contribution in [0.5, 0.6) is 0 Å². The van der Waals surface area contributed by atoms with Gasteiger partial charge in [0.05, 0.1) is 0 Å². The normalized spacial score (nSPS) is 10.1. The van der Waals surface area contributed by atoms with Crippen LogP contribution in [0.3, 0.4) is 0 Å². The van der Waals surface area contributed by atoms with Crippen molar-refractivity contribution in [3.63, 3.8) is 0 Å². The van der Waals surface area contributed by atoms with Gasteiger partial charge in [-0.05, 0) is 0 Å². The second kappa shape index (κ2) is 2.56. The van der Waals surface area contributed by atoms with E-state index in [2.05, 4.69) is 9.97 Å². The monoisotopic (exact) mass is 166 g/mol. The third-order valence-corrected chi connectivity index (χ3v) is 1.46. The molecule has 1 aromatic rings. The van der Waals surface area contributed by atoms with E-state index >= 15 is 0 Å². The van der Waals surface area contributed by atoms with Crippen LogP contribution in [-0.4, -0.2) is 15.1 Å².